The minimum atomic E-state index is -4.91. The number of rotatable bonds is 13. The van der Waals surface area contributed by atoms with Crippen molar-refractivity contribution < 1.29 is 44.7 Å². The van der Waals surface area contributed by atoms with E-state index < -0.39 is 79.9 Å². The lowest BCUT2D eigenvalue weighted by molar-refractivity contribution is -0.213. The van der Waals surface area contributed by atoms with E-state index in [4.69, 9.17) is 17.0 Å². The van der Waals surface area contributed by atoms with Crippen molar-refractivity contribution in [2.75, 3.05) is 13.1 Å². The van der Waals surface area contributed by atoms with Crippen LogP contribution in [0.2, 0.25) is 5.02 Å². The van der Waals surface area contributed by atoms with Gasteiger partial charge in [-0.05, 0) is 49.1 Å². The first-order valence-corrected chi connectivity index (χ1v) is 16.7. The number of hydrogen-bond acceptors (Lipinski definition) is 7. The molecular weight excluding hydrogens is 756 g/mol. The summed E-state index contributed by atoms with van der Waals surface area (Å²) in [6.07, 6.45) is -7.75. The summed E-state index contributed by atoms with van der Waals surface area (Å²) in [6.45, 7) is -2.54. The maximum atomic E-state index is 14.4. The van der Waals surface area contributed by atoms with Crippen LogP contribution in [0.4, 0.5) is 35.1 Å². The second-order valence-electron chi connectivity index (χ2n) is 13.1. The molecule has 1 atom stereocenters. The summed E-state index contributed by atoms with van der Waals surface area (Å²) in [5.41, 5.74) is -1.42. The maximum absolute atomic E-state index is 14.4. The molecule has 2 heterocycles. The van der Waals surface area contributed by atoms with Crippen molar-refractivity contribution >= 4 is 29.4 Å². The number of aromatic nitrogens is 6. The topological polar surface area (TPSA) is 147 Å². The molecule has 1 saturated carbocycles. The fourth-order valence-electron chi connectivity index (χ4n) is 5.25. The molecule has 21 heteroatoms. The monoisotopic (exact) mass is 788 g/mol. The molecule has 2 aromatic heterocycles. The third-order valence-corrected chi connectivity index (χ3v) is 8.95. The van der Waals surface area contributed by atoms with Crippen molar-refractivity contribution in [1.29, 1.82) is 5.41 Å². The van der Waals surface area contributed by atoms with Gasteiger partial charge in [0.2, 0.25) is 5.91 Å². The van der Waals surface area contributed by atoms with Crippen LogP contribution in [0.3, 0.4) is 0 Å². The van der Waals surface area contributed by atoms with Crippen LogP contribution in [0, 0.1) is 10.8 Å². The van der Waals surface area contributed by atoms with Gasteiger partial charge < -0.3 is 10.6 Å². The van der Waals surface area contributed by atoms with E-state index >= 15 is 0 Å². The van der Waals surface area contributed by atoms with Crippen LogP contribution in [0.15, 0.2) is 55.0 Å². The Morgan fingerprint density at radius 3 is 2.31 bits per heavy atom. The highest BCUT2D eigenvalue weighted by Gasteiger charge is 2.46. The normalized spacial score (nSPS) is 14.2. The summed E-state index contributed by atoms with van der Waals surface area (Å²) in [7, 11) is 0. The molecule has 1 aliphatic rings. The minimum absolute atomic E-state index is 0.0330. The van der Waals surface area contributed by atoms with E-state index in [0.717, 1.165) is 37.9 Å². The van der Waals surface area contributed by atoms with Crippen LogP contribution in [-0.4, -0.2) is 77.9 Å². The fourth-order valence-corrected chi connectivity index (χ4v) is 5.45. The summed E-state index contributed by atoms with van der Waals surface area (Å²) in [6, 6.07) is 8.12. The predicted octanol–water partition coefficient (Wildman–Crippen LogP) is 7.34. The van der Waals surface area contributed by atoms with Crippen LogP contribution >= 0.6 is 11.6 Å². The summed E-state index contributed by atoms with van der Waals surface area (Å²) in [5.74, 6) is -3.66. The Bertz CT molecular complexity index is 1970. The van der Waals surface area contributed by atoms with E-state index in [-0.39, 0.29) is 32.4 Å². The van der Waals surface area contributed by atoms with Crippen molar-refractivity contribution in [3.8, 4) is 22.6 Å². The summed E-state index contributed by atoms with van der Waals surface area (Å²) >= 11 is 6.35. The Morgan fingerprint density at radius 2 is 1.70 bits per heavy atom. The smallest absolute Gasteiger partial charge is 0.356 e. The van der Waals surface area contributed by atoms with Crippen LogP contribution in [0.5, 0.6) is 0 Å². The zero-order valence-corrected chi connectivity index (χ0v) is 29.3. The van der Waals surface area contributed by atoms with Gasteiger partial charge >= 0.3 is 18.9 Å². The number of guanidine groups is 1. The molecule has 290 valence electrons. The first-order chi connectivity index (χ1) is 25.3. The first kappa shape index (κ1) is 40.1. The van der Waals surface area contributed by atoms with Gasteiger partial charge in [0.15, 0.2) is 11.8 Å². The second-order valence-corrected chi connectivity index (χ2v) is 13.5. The van der Waals surface area contributed by atoms with Gasteiger partial charge in [-0.25, -0.2) is 4.98 Å². The quantitative estimate of drug-likeness (QED) is 0.0730. The number of nitrogens with zero attached hydrogens (tertiary/aromatic N) is 7. The third-order valence-electron chi connectivity index (χ3n) is 8.62. The fraction of sp³-hybridized carbons (Fsp3) is 0.424. The highest BCUT2D eigenvalue weighted by molar-refractivity contribution is 6.33. The maximum Gasteiger partial charge on any atom is 0.397 e. The van der Waals surface area contributed by atoms with Crippen molar-refractivity contribution in [3.63, 3.8) is 0 Å². The zero-order valence-electron chi connectivity index (χ0n) is 28.5. The molecule has 3 N–H and O–H groups in total. The molecule has 0 aliphatic heterocycles. The summed E-state index contributed by atoms with van der Waals surface area (Å²) in [4.78, 5) is 32.9. The summed E-state index contributed by atoms with van der Waals surface area (Å²) < 4.78 is 108. The van der Waals surface area contributed by atoms with Gasteiger partial charge in [-0.3, -0.25) is 19.9 Å². The highest BCUT2D eigenvalue weighted by Crippen LogP contribution is 2.40. The van der Waals surface area contributed by atoms with Crippen LogP contribution < -0.4 is 10.6 Å². The van der Waals surface area contributed by atoms with Crippen molar-refractivity contribution in [1.82, 2.24) is 45.3 Å². The molecule has 2 aromatic carbocycles. The van der Waals surface area contributed by atoms with Crippen molar-refractivity contribution in [3.05, 3.63) is 71.1 Å². The number of benzene rings is 2. The minimum Gasteiger partial charge on any atom is -0.356 e. The SMILES string of the molecule is CC(C)(CCNC(=N)N(C(=O)c1ccc(-c2cnn(C3CC3)n2)cc1)[C@H](CNC(=O)CC(F)(F)F)c1ccc(Cl)c(-c2ncnn2C(F)F)c1)C(F)(F)F. The molecule has 1 aliphatic carbocycles. The first-order valence-electron chi connectivity index (χ1n) is 16.3. The number of halogens is 9. The Morgan fingerprint density at radius 1 is 1.02 bits per heavy atom. The number of carbonyl (C=O) groups excluding carboxylic acids is 2. The molecule has 12 nitrogen and oxygen atoms in total. The molecule has 0 saturated heterocycles. The summed E-state index contributed by atoms with van der Waals surface area (Å²) in [5, 5.41) is 25.5. The lowest BCUT2D eigenvalue weighted by atomic mass is 9.88. The molecular formula is C33H33ClF8N10O2. The van der Waals surface area contributed by atoms with Gasteiger partial charge in [0.25, 0.3) is 5.91 Å². The zero-order chi connectivity index (χ0) is 39.6. The average molecular weight is 789 g/mol. The highest BCUT2D eigenvalue weighted by atomic mass is 35.5. The average Bonchev–Trinajstić information content (AvgIpc) is 3.59. The number of nitrogens with one attached hydrogen (secondary N) is 3. The van der Waals surface area contributed by atoms with E-state index in [1.54, 1.807) is 4.80 Å². The van der Waals surface area contributed by atoms with E-state index in [9.17, 15) is 44.7 Å². The van der Waals surface area contributed by atoms with E-state index in [0.29, 0.717) is 11.3 Å². The number of amides is 2. The lowest BCUT2D eigenvalue weighted by Crippen LogP contribution is -2.50. The molecule has 2 amide bonds. The van der Waals surface area contributed by atoms with Gasteiger partial charge in [0, 0.05) is 29.8 Å². The van der Waals surface area contributed by atoms with Gasteiger partial charge in [-0.15, -0.1) is 0 Å². The van der Waals surface area contributed by atoms with Crippen LogP contribution in [-0.2, 0) is 4.79 Å². The number of alkyl halides is 8. The van der Waals surface area contributed by atoms with Crippen molar-refractivity contribution in [2.45, 2.75) is 70.5 Å². The molecule has 1 fully saturated rings. The van der Waals surface area contributed by atoms with Crippen molar-refractivity contribution in [2.24, 2.45) is 5.41 Å². The van der Waals surface area contributed by atoms with E-state index in [2.05, 4.69) is 30.9 Å². The second kappa shape index (κ2) is 15.7. The molecule has 0 bridgehead atoms. The Balaban J connectivity index is 1.55. The molecule has 0 spiro atoms. The Hall–Kier alpha value is -5.14. The van der Waals surface area contributed by atoms with Gasteiger partial charge in [-0.1, -0.05) is 43.6 Å². The Kier molecular flexibility index (Phi) is 11.6. The molecule has 0 unspecified atom stereocenters. The molecule has 4 aromatic rings. The third kappa shape index (κ3) is 9.50. The van der Waals surface area contributed by atoms with Gasteiger partial charge in [0.1, 0.15) is 18.4 Å². The predicted molar refractivity (Wildman–Crippen MR) is 178 cm³/mol. The number of carbonyl (C=O) groups is 2. The van der Waals surface area contributed by atoms with Crippen LogP contribution in [0.1, 0.15) is 74.1 Å². The largest absolute Gasteiger partial charge is 0.397 e. The standard InChI is InChI=1S/C33H33ClF8N10O2/c1-31(2,33(40,41)42)11-12-44-30(43)50(28(54)19-5-3-18(4-6-19)24-15-47-52(49-24)21-8-9-21)25(16-45-26(53)14-32(37,38)39)20-7-10-23(34)22(13-20)27-46-17-48-51(27)29(35)36/h3-7,10,13,15,17,21,25,29H,8-9,11-12,14,16H2,1-2H3,(H2,43,44)(H,45,53)/t25-/m1/s1. The van der Waals surface area contributed by atoms with Crippen LogP contribution in [0.25, 0.3) is 22.6 Å². The lowest BCUT2D eigenvalue weighted by Gasteiger charge is -2.34. The van der Waals surface area contributed by atoms with Gasteiger partial charge in [0.05, 0.1) is 28.7 Å². The van der Waals surface area contributed by atoms with E-state index in [1.807, 2.05) is 0 Å². The molecule has 0 radical (unpaired) electrons. The van der Waals surface area contributed by atoms with Gasteiger partial charge in [-0.2, -0.15) is 59.9 Å². The number of hydrogen-bond donors (Lipinski definition) is 3. The molecule has 5 rings (SSSR count). The van der Waals surface area contributed by atoms with E-state index in [1.165, 1.54) is 48.7 Å². The Labute approximate surface area is 307 Å². The molecule has 54 heavy (non-hydrogen) atoms.